The number of imidazole rings is 1. The summed E-state index contributed by atoms with van der Waals surface area (Å²) in [6.45, 7) is 9.39. The van der Waals surface area contributed by atoms with E-state index in [9.17, 15) is 0 Å². The van der Waals surface area contributed by atoms with Crippen molar-refractivity contribution in [2.45, 2.75) is 33.4 Å². The minimum Gasteiger partial charge on any atom is -0.344 e. The number of nitrogens with one attached hydrogen (secondary N) is 1. The van der Waals surface area contributed by atoms with E-state index in [0.717, 1.165) is 25.6 Å². The average molecular weight is 210 g/mol. The SMILES string of the molecule is CCn1ccnc1N(C)CCNC(C)C. The van der Waals surface area contributed by atoms with E-state index in [1.807, 2.05) is 12.4 Å². The van der Waals surface area contributed by atoms with E-state index >= 15 is 0 Å². The van der Waals surface area contributed by atoms with Crippen molar-refractivity contribution in [1.29, 1.82) is 0 Å². The van der Waals surface area contributed by atoms with Crippen LogP contribution in [0.25, 0.3) is 0 Å². The fraction of sp³-hybridized carbons (Fsp3) is 0.727. The lowest BCUT2D eigenvalue weighted by Gasteiger charge is -2.20. The summed E-state index contributed by atoms with van der Waals surface area (Å²) in [5, 5.41) is 3.40. The van der Waals surface area contributed by atoms with Gasteiger partial charge in [-0.15, -0.1) is 0 Å². The van der Waals surface area contributed by atoms with Crippen LogP contribution in [0.2, 0.25) is 0 Å². The fourth-order valence-electron chi connectivity index (χ4n) is 1.51. The van der Waals surface area contributed by atoms with Crippen LogP contribution in [0.15, 0.2) is 12.4 Å². The molecule has 0 radical (unpaired) electrons. The fourth-order valence-corrected chi connectivity index (χ4v) is 1.51. The zero-order chi connectivity index (χ0) is 11.3. The van der Waals surface area contributed by atoms with Crippen LogP contribution in [-0.4, -0.2) is 35.7 Å². The number of anilines is 1. The number of aryl methyl sites for hydroxylation is 1. The topological polar surface area (TPSA) is 33.1 Å². The molecule has 1 aromatic rings. The van der Waals surface area contributed by atoms with Crippen molar-refractivity contribution in [1.82, 2.24) is 14.9 Å². The Kier molecular flexibility index (Phi) is 4.62. The molecule has 0 atom stereocenters. The molecule has 86 valence electrons. The zero-order valence-corrected chi connectivity index (χ0v) is 10.2. The summed E-state index contributed by atoms with van der Waals surface area (Å²) < 4.78 is 2.15. The molecule has 0 amide bonds. The van der Waals surface area contributed by atoms with Gasteiger partial charge < -0.3 is 14.8 Å². The van der Waals surface area contributed by atoms with Crippen LogP contribution in [0.1, 0.15) is 20.8 Å². The largest absolute Gasteiger partial charge is 0.344 e. The molecular weight excluding hydrogens is 188 g/mol. The number of likely N-dealkylation sites (N-methyl/N-ethyl adjacent to an activating group) is 1. The van der Waals surface area contributed by atoms with Crippen molar-refractivity contribution in [3.05, 3.63) is 12.4 Å². The number of nitrogens with zero attached hydrogens (tertiary/aromatic N) is 3. The second kappa shape index (κ2) is 5.75. The molecule has 1 aromatic heterocycles. The predicted molar refractivity (Wildman–Crippen MR) is 64.3 cm³/mol. The van der Waals surface area contributed by atoms with Crippen molar-refractivity contribution in [2.75, 3.05) is 25.0 Å². The van der Waals surface area contributed by atoms with Crippen molar-refractivity contribution in [2.24, 2.45) is 0 Å². The van der Waals surface area contributed by atoms with Gasteiger partial charge in [0.15, 0.2) is 0 Å². The van der Waals surface area contributed by atoms with E-state index in [4.69, 9.17) is 0 Å². The van der Waals surface area contributed by atoms with Gasteiger partial charge in [-0.1, -0.05) is 13.8 Å². The summed E-state index contributed by atoms with van der Waals surface area (Å²) in [5.74, 6) is 1.04. The molecule has 4 nitrogen and oxygen atoms in total. The van der Waals surface area contributed by atoms with Crippen molar-refractivity contribution >= 4 is 5.95 Å². The summed E-state index contributed by atoms with van der Waals surface area (Å²) in [6, 6.07) is 0.546. The van der Waals surface area contributed by atoms with E-state index in [1.54, 1.807) is 0 Å². The summed E-state index contributed by atoms with van der Waals surface area (Å²) in [7, 11) is 2.08. The van der Waals surface area contributed by atoms with Gasteiger partial charge in [0, 0.05) is 45.1 Å². The molecule has 1 heterocycles. The molecule has 0 unspecified atom stereocenters. The van der Waals surface area contributed by atoms with Crippen LogP contribution in [0, 0.1) is 0 Å². The van der Waals surface area contributed by atoms with E-state index in [1.165, 1.54) is 0 Å². The summed E-state index contributed by atoms with van der Waals surface area (Å²) in [5.41, 5.74) is 0. The molecule has 0 aliphatic rings. The lowest BCUT2D eigenvalue weighted by Crippen LogP contribution is -2.33. The maximum Gasteiger partial charge on any atom is 0.205 e. The molecule has 0 saturated carbocycles. The summed E-state index contributed by atoms with van der Waals surface area (Å²) in [4.78, 5) is 6.53. The third-order valence-electron chi connectivity index (χ3n) is 2.38. The van der Waals surface area contributed by atoms with E-state index in [-0.39, 0.29) is 0 Å². The zero-order valence-electron chi connectivity index (χ0n) is 10.2. The minimum atomic E-state index is 0.546. The lowest BCUT2D eigenvalue weighted by atomic mass is 10.4. The molecule has 0 aliphatic carbocycles. The second-order valence-electron chi connectivity index (χ2n) is 4.04. The molecule has 4 heteroatoms. The number of rotatable bonds is 6. The summed E-state index contributed by atoms with van der Waals surface area (Å²) >= 11 is 0. The first-order valence-corrected chi connectivity index (χ1v) is 5.60. The Bertz CT molecular complexity index is 280. The van der Waals surface area contributed by atoms with Gasteiger partial charge >= 0.3 is 0 Å². The molecule has 1 rings (SSSR count). The molecule has 15 heavy (non-hydrogen) atoms. The van der Waals surface area contributed by atoms with Crippen LogP contribution in [-0.2, 0) is 6.54 Å². The first-order chi connectivity index (χ1) is 7.15. The van der Waals surface area contributed by atoms with Crippen molar-refractivity contribution in [3.8, 4) is 0 Å². The molecule has 0 aliphatic heterocycles. The van der Waals surface area contributed by atoms with Gasteiger partial charge in [0.2, 0.25) is 5.95 Å². The maximum absolute atomic E-state index is 4.35. The maximum atomic E-state index is 4.35. The number of hydrogen-bond acceptors (Lipinski definition) is 3. The first kappa shape index (κ1) is 12.0. The van der Waals surface area contributed by atoms with E-state index in [2.05, 4.69) is 47.6 Å². The van der Waals surface area contributed by atoms with Crippen molar-refractivity contribution < 1.29 is 0 Å². The van der Waals surface area contributed by atoms with E-state index < -0.39 is 0 Å². The van der Waals surface area contributed by atoms with Gasteiger partial charge in [0.1, 0.15) is 0 Å². The minimum absolute atomic E-state index is 0.546. The number of aromatic nitrogens is 2. The Morgan fingerprint density at radius 2 is 2.27 bits per heavy atom. The van der Waals surface area contributed by atoms with E-state index in [0.29, 0.717) is 6.04 Å². The number of hydrogen-bond donors (Lipinski definition) is 1. The van der Waals surface area contributed by atoms with Gasteiger partial charge in [0.05, 0.1) is 0 Å². The highest BCUT2D eigenvalue weighted by molar-refractivity contribution is 5.29. The molecular formula is C11H22N4. The predicted octanol–water partition coefficient (Wildman–Crippen LogP) is 1.34. The van der Waals surface area contributed by atoms with Gasteiger partial charge in [-0.2, -0.15) is 0 Å². The second-order valence-corrected chi connectivity index (χ2v) is 4.04. The van der Waals surface area contributed by atoms with Crippen LogP contribution >= 0.6 is 0 Å². The molecule has 1 N–H and O–H groups in total. The Balaban J connectivity index is 2.43. The van der Waals surface area contributed by atoms with Crippen LogP contribution in [0.4, 0.5) is 5.95 Å². The molecule has 0 fully saturated rings. The highest BCUT2D eigenvalue weighted by atomic mass is 15.3. The van der Waals surface area contributed by atoms with Gasteiger partial charge in [-0.25, -0.2) is 4.98 Å². The Morgan fingerprint density at radius 3 is 2.87 bits per heavy atom. The Hall–Kier alpha value is -1.03. The monoisotopic (exact) mass is 210 g/mol. The summed E-state index contributed by atoms with van der Waals surface area (Å²) in [6.07, 6.45) is 3.87. The van der Waals surface area contributed by atoms with Crippen LogP contribution < -0.4 is 10.2 Å². The standard InChI is InChI=1S/C11H22N4/c1-5-15-9-7-13-11(15)14(4)8-6-12-10(2)3/h7,9-10,12H,5-6,8H2,1-4H3. The molecule has 0 saturated heterocycles. The lowest BCUT2D eigenvalue weighted by molar-refractivity contribution is 0.583. The van der Waals surface area contributed by atoms with Crippen LogP contribution in [0.3, 0.4) is 0 Å². The molecule has 0 aromatic carbocycles. The third kappa shape index (κ3) is 3.55. The third-order valence-corrected chi connectivity index (χ3v) is 2.38. The van der Waals surface area contributed by atoms with Gasteiger partial charge in [-0.3, -0.25) is 0 Å². The highest BCUT2D eigenvalue weighted by Gasteiger charge is 2.06. The van der Waals surface area contributed by atoms with Crippen molar-refractivity contribution in [3.63, 3.8) is 0 Å². The Morgan fingerprint density at radius 1 is 1.53 bits per heavy atom. The smallest absolute Gasteiger partial charge is 0.205 e. The molecule has 0 bridgehead atoms. The van der Waals surface area contributed by atoms with Crippen LogP contribution in [0.5, 0.6) is 0 Å². The quantitative estimate of drug-likeness (QED) is 0.769. The average Bonchev–Trinajstić information content (AvgIpc) is 2.64. The molecule has 0 spiro atoms. The first-order valence-electron chi connectivity index (χ1n) is 5.60. The van der Waals surface area contributed by atoms with Gasteiger partial charge in [-0.05, 0) is 6.92 Å². The Labute approximate surface area is 92.3 Å². The highest BCUT2D eigenvalue weighted by Crippen LogP contribution is 2.08. The van der Waals surface area contributed by atoms with Gasteiger partial charge in [0.25, 0.3) is 0 Å². The normalized spacial score (nSPS) is 11.0.